The van der Waals surface area contributed by atoms with Crippen LogP contribution < -0.4 is 4.74 Å². The van der Waals surface area contributed by atoms with Crippen molar-refractivity contribution in [1.29, 1.82) is 0 Å². The summed E-state index contributed by atoms with van der Waals surface area (Å²) in [6.07, 6.45) is 1.24. The fourth-order valence-electron chi connectivity index (χ4n) is 4.00. The highest BCUT2D eigenvalue weighted by atomic mass is 32.2. The van der Waals surface area contributed by atoms with Crippen LogP contribution in [0.15, 0.2) is 29.3 Å². The van der Waals surface area contributed by atoms with Gasteiger partial charge in [-0.05, 0) is 38.0 Å². The number of carbonyl (C=O) groups excluding carboxylic acids is 1. The monoisotopic (exact) mass is 463 g/mol. The molecular formula is C23H33N3O5S. The topological polar surface area (TPSA) is 72.8 Å². The maximum atomic E-state index is 12.3. The van der Waals surface area contributed by atoms with Crippen molar-refractivity contribution in [2.75, 3.05) is 39.9 Å². The van der Waals surface area contributed by atoms with Gasteiger partial charge in [0.1, 0.15) is 23.8 Å². The molecule has 0 radical (unpaired) electrons. The summed E-state index contributed by atoms with van der Waals surface area (Å²) in [7, 11) is 1.66. The van der Waals surface area contributed by atoms with Crippen molar-refractivity contribution < 1.29 is 23.7 Å². The van der Waals surface area contributed by atoms with E-state index in [1.807, 2.05) is 38.1 Å². The number of hydrogen-bond donors (Lipinski definition) is 0. The van der Waals surface area contributed by atoms with Crippen LogP contribution in [0.2, 0.25) is 0 Å². The van der Waals surface area contributed by atoms with E-state index in [2.05, 4.69) is 4.90 Å². The molecule has 176 valence electrons. The maximum absolute atomic E-state index is 12.3. The van der Waals surface area contributed by atoms with Gasteiger partial charge in [0.05, 0.1) is 25.9 Å². The van der Waals surface area contributed by atoms with Crippen LogP contribution in [0.4, 0.5) is 4.79 Å². The van der Waals surface area contributed by atoms with E-state index in [4.69, 9.17) is 23.9 Å². The van der Waals surface area contributed by atoms with Crippen molar-refractivity contribution in [1.82, 2.24) is 9.80 Å². The van der Waals surface area contributed by atoms with Crippen LogP contribution in [-0.4, -0.2) is 84.6 Å². The van der Waals surface area contributed by atoms with Gasteiger partial charge in [0.2, 0.25) is 0 Å². The summed E-state index contributed by atoms with van der Waals surface area (Å²) < 4.78 is 23.4. The van der Waals surface area contributed by atoms with Gasteiger partial charge >= 0.3 is 6.09 Å². The Hall–Kier alpha value is -1.97. The number of likely N-dealkylation sites (tertiary alicyclic amines) is 1. The summed E-state index contributed by atoms with van der Waals surface area (Å²) in [5, 5.41) is 1.05. The lowest BCUT2D eigenvalue weighted by Crippen LogP contribution is -2.47. The molecule has 2 saturated heterocycles. The number of hydrogen-bond acceptors (Lipinski definition) is 8. The average molecular weight is 464 g/mol. The lowest BCUT2D eigenvalue weighted by molar-refractivity contribution is -0.115. The van der Waals surface area contributed by atoms with Crippen LogP contribution >= 0.6 is 11.8 Å². The van der Waals surface area contributed by atoms with Crippen LogP contribution in [-0.2, 0) is 20.8 Å². The fourth-order valence-corrected chi connectivity index (χ4v) is 5.31. The SMILES string of the molecule is CCN(CC)C(=O)OC[C@@H]1C[C@H](OCc2ccc(OC)cc2)[C@H]2N=C(N3CCC3)S[C@H]2O1. The van der Waals surface area contributed by atoms with Crippen molar-refractivity contribution in [3.63, 3.8) is 0 Å². The Morgan fingerprint density at radius 2 is 2.00 bits per heavy atom. The van der Waals surface area contributed by atoms with Crippen molar-refractivity contribution in [2.24, 2.45) is 4.99 Å². The van der Waals surface area contributed by atoms with Crippen LogP contribution in [0.5, 0.6) is 5.75 Å². The first kappa shape index (κ1) is 23.2. The van der Waals surface area contributed by atoms with Gasteiger partial charge in [0.15, 0.2) is 5.17 Å². The Kier molecular flexibility index (Phi) is 7.80. The predicted molar refractivity (Wildman–Crippen MR) is 124 cm³/mol. The number of methoxy groups -OCH3 is 1. The molecule has 9 heteroatoms. The van der Waals surface area contributed by atoms with Crippen molar-refractivity contribution in [2.45, 2.75) is 57.0 Å². The van der Waals surface area contributed by atoms with E-state index in [-0.39, 0.29) is 36.4 Å². The standard InChI is InChI=1S/C23H33N3O5S/c1-4-25(5-2)23(27)30-15-18-13-19(29-14-16-7-9-17(28-3)10-8-16)20-21(31-18)32-22(24-20)26-11-6-12-26/h7-10,18-21H,4-6,11-15H2,1-3H3/t18-,19-,20+,21+/m0/s1. The number of thioether (sulfide) groups is 1. The molecule has 2 fully saturated rings. The average Bonchev–Trinajstić information content (AvgIpc) is 3.19. The lowest BCUT2D eigenvalue weighted by Gasteiger charge is -2.36. The Morgan fingerprint density at radius 3 is 2.62 bits per heavy atom. The van der Waals surface area contributed by atoms with Crippen LogP contribution in [0, 0.1) is 0 Å². The van der Waals surface area contributed by atoms with Gasteiger partial charge in [-0.2, -0.15) is 0 Å². The number of aliphatic imine (C=N–C) groups is 1. The number of benzene rings is 1. The summed E-state index contributed by atoms with van der Waals surface area (Å²) in [6.45, 7) is 7.95. The Labute approximate surface area is 194 Å². The largest absolute Gasteiger partial charge is 0.497 e. The molecule has 4 atom stereocenters. The van der Waals surface area contributed by atoms with Gasteiger partial charge in [-0.3, -0.25) is 4.99 Å². The molecule has 0 unspecified atom stereocenters. The summed E-state index contributed by atoms with van der Waals surface area (Å²) >= 11 is 1.67. The van der Waals surface area contributed by atoms with Crippen molar-refractivity contribution >= 4 is 23.0 Å². The Morgan fingerprint density at radius 1 is 1.25 bits per heavy atom. The van der Waals surface area contributed by atoms with Crippen molar-refractivity contribution in [3.8, 4) is 5.75 Å². The van der Waals surface area contributed by atoms with E-state index in [1.165, 1.54) is 6.42 Å². The second-order valence-electron chi connectivity index (χ2n) is 8.17. The highest BCUT2D eigenvalue weighted by Crippen LogP contribution is 2.39. The molecule has 8 nitrogen and oxygen atoms in total. The normalized spacial score (nSPS) is 26.7. The minimum absolute atomic E-state index is 0.0522. The van der Waals surface area contributed by atoms with E-state index in [1.54, 1.807) is 23.8 Å². The van der Waals surface area contributed by atoms with Crippen LogP contribution in [0.25, 0.3) is 0 Å². The number of nitrogens with zero attached hydrogens (tertiary/aromatic N) is 3. The number of amides is 1. The van der Waals surface area contributed by atoms with Crippen LogP contribution in [0.1, 0.15) is 32.3 Å². The molecule has 0 spiro atoms. The number of carbonyl (C=O) groups is 1. The number of amidine groups is 1. The molecule has 0 bridgehead atoms. The molecule has 4 rings (SSSR count). The number of fused-ring (bicyclic) bond motifs is 1. The van der Waals surface area contributed by atoms with Gasteiger partial charge in [0, 0.05) is 32.6 Å². The molecule has 0 N–H and O–H groups in total. The first-order chi connectivity index (χ1) is 15.6. The zero-order chi connectivity index (χ0) is 22.5. The maximum Gasteiger partial charge on any atom is 0.409 e. The van der Waals surface area contributed by atoms with E-state index in [9.17, 15) is 4.79 Å². The minimum Gasteiger partial charge on any atom is -0.497 e. The zero-order valence-corrected chi connectivity index (χ0v) is 19.9. The highest BCUT2D eigenvalue weighted by molar-refractivity contribution is 8.14. The summed E-state index contributed by atoms with van der Waals surface area (Å²) in [5.74, 6) is 0.825. The number of ether oxygens (including phenoxy) is 4. The Bertz CT molecular complexity index is 797. The highest BCUT2D eigenvalue weighted by Gasteiger charge is 2.46. The van der Waals surface area contributed by atoms with E-state index >= 15 is 0 Å². The third-order valence-corrected chi connectivity index (χ3v) is 7.32. The molecule has 0 aliphatic carbocycles. The quantitative estimate of drug-likeness (QED) is 0.585. The first-order valence-corrected chi connectivity index (χ1v) is 12.3. The van der Waals surface area contributed by atoms with Gasteiger partial charge in [-0.15, -0.1) is 0 Å². The van der Waals surface area contributed by atoms with E-state index in [0.29, 0.717) is 26.1 Å². The summed E-state index contributed by atoms with van der Waals surface area (Å²) in [6, 6.07) is 7.84. The second kappa shape index (κ2) is 10.8. The van der Waals surface area contributed by atoms with E-state index < -0.39 is 0 Å². The third-order valence-electron chi connectivity index (χ3n) is 6.13. The molecule has 0 aromatic heterocycles. The van der Waals surface area contributed by atoms with Gasteiger partial charge in [0.25, 0.3) is 0 Å². The number of rotatable bonds is 8. The molecule has 3 heterocycles. The molecule has 3 aliphatic heterocycles. The molecule has 3 aliphatic rings. The first-order valence-electron chi connectivity index (χ1n) is 11.4. The smallest absolute Gasteiger partial charge is 0.409 e. The van der Waals surface area contributed by atoms with Crippen molar-refractivity contribution in [3.05, 3.63) is 29.8 Å². The molecular weight excluding hydrogens is 430 g/mol. The van der Waals surface area contributed by atoms with E-state index in [0.717, 1.165) is 29.6 Å². The predicted octanol–water partition coefficient (Wildman–Crippen LogP) is 3.35. The molecule has 0 saturated carbocycles. The minimum atomic E-state index is -0.298. The molecule has 32 heavy (non-hydrogen) atoms. The van der Waals surface area contributed by atoms with Gasteiger partial charge < -0.3 is 28.7 Å². The molecule has 1 amide bonds. The van der Waals surface area contributed by atoms with Gasteiger partial charge in [-0.25, -0.2) is 4.79 Å². The fraction of sp³-hybridized carbons (Fsp3) is 0.652. The summed E-state index contributed by atoms with van der Waals surface area (Å²) in [5.41, 5.74) is 0.966. The third kappa shape index (κ3) is 5.32. The zero-order valence-electron chi connectivity index (χ0n) is 19.1. The Balaban J connectivity index is 1.39. The van der Waals surface area contributed by atoms with Crippen LogP contribution in [0.3, 0.4) is 0 Å². The lowest BCUT2D eigenvalue weighted by atomic mass is 10.0. The molecule has 1 aromatic carbocycles. The summed E-state index contributed by atoms with van der Waals surface area (Å²) in [4.78, 5) is 21.2. The van der Waals surface area contributed by atoms with Gasteiger partial charge in [-0.1, -0.05) is 23.9 Å². The second-order valence-corrected chi connectivity index (χ2v) is 9.24. The molecule has 1 aromatic rings.